The normalized spacial score (nSPS) is 16.4. The highest BCUT2D eigenvalue weighted by Gasteiger charge is 2.32. The molecular weight excluding hydrogens is 248 g/mol. The Kier molecular flexibility index (Phi) is 4.53. The quantitative estimate of drug-likeness (QED) is 0.783. The maximum atomic E-state index is 12.7. The molecule has 0 saturated heterocycles. The zero-order chi connectivity index (χ0) is 14.7. The maximum absolute atomic E-state index is 12.7. The van der Waals surface area contributed by atoms with Crippen molar-refractivity contribution in [2.24, 2.45) is 5.92 Å². The second-order valence-electron chi connectivity index (χ2n) is 5.49. The molecule has 0 heterocycles. The molecule has 0 radical (unpaired) electrons. The Balaban J connectivity index is 2.45. The van der Waals surface area contributed by atoms with Gasteiger partial charge in [0.05, 0.1) is 0 Å². The van der Waals surface area contributed by atoms with Crippen LogP contribution in [0, 0.1) is 5.92 Å². The number of carbonyl (C=O) groups is 2. The van der Waals surface area contributed by atoms with Gasteiger partial charge in [-0.1, -0.05) is 51.0 Å². The van der Waals surface area contributed by atoms with Crippen LogP contribution in [0.3, 0.4) is 0 Å². The molecule has 0 bridgehead atoms. The molecule has 1 aliphatic carbocycles. The molecule has 0 aromatic heterocycles. The molecule has 0 fully saturated rings. The van der Waals surface area contributed by atoms with E-state index < -0.39 is 0 Å². The van der Waals surface area contributed by atoms with Gasteiger partial charge < -0.3 is 0 Å². The summed E-state index contributed by atoms with van der Waals surface area (Å²) in [5.41, 5.74) is 2.54. The van der Waals surface area contributed by atoms with Gasteiger partial charge in [-0.3, -0.25) is 9.59 Å². The predicted octanol–water partition coefficient (Wildman–Crippen LogP) is 4.60. The largest absolute Gasteiger partial charge is 0.289 e. The van der Waals surface area contributed by atoms with Crippen LogP contribution in [0.15, 0.2) is 35.4 Å². The number of ketones is 2. The van der Waals surface area contributed by atoms with Crippen molar-refractivity contribution >= 4 is 11.6 Å². The molecule has 1 unspecified atom stereocenters. The van der Waals surface area contributed by atoms with E-state index in [-0.39, 0.29) is 17.5 Å². The first-order valence-corrected chi connectivity index (χ1v) is 7.50. The number of unbranched alkanes of at least 4 members (excludes halogenated alkanes) is 1. The molecule has 0 N–H and O–H groups in total. The lowest BCUT2D eigenvalue weighted by Crippen LogP contribution is -2.25. The minimum Gasteiger partial charge on any atom is -0.289 e. The molecule has 0 amide bonds. The van der Waals surface area contributed by atoms with Gasteiger partial charge in [-0.2, -0.15) is 0 Å². The molecule has 1 aromatic rings. The number of Topliss-reactive ketones (excluding diaryl/α,β-unsaturated/α-hetero) is 2. The van der Waals surface area contributed by atoms with Crippen LogP contribution in [0.25, 0.3) is 0 Å². The van der Waals surface area contributed by atoms with E-state index in [9.17, 15) is 9.59 Å². The fraction of sp³-hybridized carbons (Fsp3) is 0.444. The Morgan fingerprint density at radius 2 is 1.60 bits per heavy atom. The Labute approximate surface area is 120 Å². The lowest BCUT2D eigenvalue weighted by Gasteiger charge is -2.25. The molecule has 1 aliphatic rings. The van der Waals surface area contributed by atoms with Crippen molar-refractivity contribution in [1.82, 2.24) is 0 Å². The van der Waals surface area contributed by atoms with Crippen molar-refractivity contribution in [3.05, 3.63) is 46.5 Å². The fourth-order valence-corrected chi connectivity index (χ4v) is 3.01. The highest BCUT2D eigenvalue weighted by Crippen LogP contribution is 2.33. The first-order chi connectivity index (χ1) is 9.61. The third-order valence-corrected chi connectivity index (χ3v) is 4.21. The highest BCUT2D eigenvalue weighted by molar-refractivity contribution is 6.26. The Hall–Kier alpha value is -1.70. The maximum Gasteiger partial charge on any atom is 0.190 e. The van der Waals surface area contributed by atoms with Crippen molar-refractivity contribution in [2.75, 3.05) is 0 Å². The van der Waals surface area contributed by atoms with Crippen LogP contribution in [-0.2, 0) is 0 Å². The van der Waals surface area contributed by atoms with E-state index in [4.69, 9.17) is 0 Å². The average molecular weight is 270 g/mol. The summed E-state index contributed by atoms with van der Waals surface area (Å²) in [6, 6.07) is 7.17. The van der Waals surface area contributed by atoms with Crippen molar-refractivity contribution in [3.63, 3.8) is 0 Å². The molecule has 2 heteroatoms. The van der Waals surface area contributed by atoms with Gasteiger partial charge in [0.15, 0.2) is 11.6 Å². The van der Waals surface area contributed by atoms with Crippen molar-refractivity contribution in [1.29, 1.82) is 0 Å². The zero-order valence-corrected chi connectivity index (χ0v) is 12.5. The van der Waals surface area contributed by atoms with Gasteiger partial charge in [-0.05, 0) is 25.7 Å². The van der Waals surface area contributed by atoms with Gasteiger partial charge in [0.2, 0.25) is 0 Å². The van der Waals surface area contributed by atoms with Crippen LogP contribution in [0.5, 0.6) is 0 Å². The molecule has 20 heavy (non-hydrogen) atoms. The molecule has 1 atom stereocenters. The van der Waals surface area contributed by atoms with Crippen LogP contribution in [0.2, 0.25) is 0 Å². The highest BCUT2D eigenvalue weighted by atomic mass is 16.1. The van der Waals surface area contributed by atoms with E-state index >= 15 is 0 Å². The summed E-state index contributed by atoms with van der Waals surface area (Å²) in [4.78, 5) is 25.2. The van der Waals surface area contributed by atoms with Crippen molar-refractivity contribution < 1.29 is 9.59 Å². The second kappa shape index (κ2) is 6.17. The van der Waals surface area contributed by atoms with Gasteiger partial charge in [0, 0.05) is 22.3 Å². The van der Waals surface area contributed by atoms with Crippen LogP contribution in [0.1, 0.15) is 67.2 Å². The first kappa shape index (κ1) is 14.7. The van der Waals surface area contributed by atoms with Crippen molar-refractivity contribution in [2.45, 2.75) is 46.5 Å². The van der Waals surface area contributed by atoms with Crippen LogP contribution >= 0.6 is 0 Å². The number of carbonyl (C=O) groups excluding carboxylic acids is 2. The smallest absolute Gasteiger partial charge is 0.190 e. The number of allylic oxidation sites excluding steroid dienone is 2. The van der Waals surface area contributed by atoms with E-state index in [1.807, 2.05) is 12.1 Å². The minimum absolute atomic E-state index is 0.0187. The van der Waals surface area contributed by atoms with Crippen LogP contribution in [-0.4, -0.2) is 11.6 Å². The summed E-state index contributed by atoms with van der Waals surface area (Å²) >= 11 is 0. The number of rotatable bonds is 5. The summed E-state index contributed by atoms with van der Waals surface area (Å²) in [6.45, 7) is 6.05. The van der Waals surface area contributed by atoms with Gasteiger partial charge in [-0.15, -0.1) is 0 Å². The summed E-state index contributed by atoms with van der Waals surface area (Å²) in [5.74, 6) is 0.283. The third kappa shape index (κ3) is 2.47. The minimum atomic E-state index is 0.0187. The number of benzene rings is 1. The van der Waals surface area contributed by atoms with E-state index in [1.165, 1.54) is 0 Å². The fourth-order valence-electron chi connectivity index (χ4n) is 3.01. The van der Waals surface area contributed by atoms with E-state index in [0.717, 1.165) is 31.3 Å². The first-order valence-electron chi connectivity index (χ1n) is 7.50. The zero-order valence-electron chi connectivity index (χ0n) is 12.5. The van der Waals surface area contributed by atoms with Crippen LogP contribution in [0.4, 0.5) is 0 Å². The van der Waals surface area contributed by atoms with Gasteiger partial charge in [0.25, 0.3) is 0 Å². The molecule has 106 valence electrons. The summed E-state index contributed by atoms with van der Waals surface area (Å²) in [6.07, 6.45) is 4.11. The second-order valence-corrected chi connectivity index (χ2v) is 5.49. The third-order valence-electron chi connectivity index (χ3n) is 4.21. The molecule has 1 aromatic carbocycles. The number of fused-ring (bicyclic) bond motifs is 1. The molecule has 0 saturated carbocycles. The molecule has 0 spiro atoms. The van der Waals surface area contributed by atoms with Gasteiger partial charge in [0.1, 0.15) is 0 Å². The Morgan fingerprint density at radius 3 is 2.15 bits per heavy atom. The lowest BCUT2D eigenvalue weighted by atomic mass is 9.77. The Bertz CT molecular complexity index is 567. The molecule has 2 rings (SSSR count). The summed E-state index contributed by atoms with van der Waals surface area (Å²) in [5, 5.41) is 0. The monoisotopic (exact) mass is 270 g/mol. The topological polar surface area (TPSA) is 34.1 Å². The Morgan fingerprint density at radius 1 is 1.00 bits per heavy atom. The summed E-state index contributed by atoms with van der Waals surface area (Å²) < 4.78 is 0. The van der Waals surface area contributed by atoms with E-state index in [1.54, 1.807) is 19.1 Å². The van der Waals surface area contributed by atoms with E-state index in [2.05, 4.69) is 13.8 Å². The van der Waals surface area contributed by atoms with Gasteiger partial charge in [-0.25, -0.2) is 0 Å². The lowest BCUT2D eigenvalue weighted by molar-refractivity contribution is 0.0963. The van der Waals surface area contributed by atoms with Crippen molar-refractivity contribution in [3.8, 4) is 0 Å². The van der Waals surface area contributed by atoms with Crippen LogP contribution < -0.4 is 0 Å². The number of hydrogen-bond acceptors (Lipinski definition) is 2. The summed E-state index contributed by atoms with van der Waals surface area (Å²) in [7, 11) is 0. The molecule has 2 nitrogen and oxygen atoms in total. The standard InChI is InChI=1S/C18H22O2/c1-4-6-9-13(5-2)16-12(3)17(19)14-10-7-8-11-15(14)18(16)20/h7-8,10-11,13H,4-6,9H2,1-3H3. The molecule has 0 aliphatic heterocycles. The predicted molar refractivity (Wildman–Crippen MR) is 81.1 cm³/mol. The molecular formula is C18H22O2. The average Bonchev–Trinajstić information content (AvgIpc) is 2.48. The number of hydrogen-bond donors (Lipinski definition) is 0. The van der Waals surface area contributed by atoms with E-state index in [0.29, 0.717) is 16.7 Å². The van der Waals surface area contributed by atoms with Gasteiger partial charge >= 0.3 is 0 Å². The SMILES string of the molecule is CCCCC(CC)C1=C(C)C(=O)c2ccccc2C1=O.